The lowest BCUT2D eigenvalue weighted by molar-refractivity contribution is -0.150. The first-order valence-electron chi connectivity index (χ1n) is 17.1. The molecule has 1 unspecified atom stereocenters. The summed E-state index contributed by atoms with van der Waals surface area (Å²) in [5.74, 6) is -0.749. The van der Waals surface area contributed by atoms with Gasteiger partial charge in [0.1, 0.15) is 6.10 Å². The smallest absolute Gasteiger partial charge is 0.306 e. The van der Waals surface area contributed by atoms with Crippen molar-refractivity contribution in [3.8, 4) is 0 Å². The maximum atomic E-state index is 12.5. The number of carbonyl (C=O) groups excluding carboxylic acids is 1. The predicted octanol–water partition coefficient (Wildman–Crippen LogP) is 11.6. The lowest BCUT2D eigenvalue weighted by Crippen LogP contribution is -2.18. The van der Waals surface area contributed by atoms with Gasteiger partial charge in [0, 0.05) is 12.8 Å². The van der Waals surface area contributed by atoms with E-state index in [0.717, 1.165) is 89.9 Å². The third-order valence-electron chi connectivity index (χ3n) is 7.30. The Hall–Kier alpha value is -2.10. The van der Waals surface area contributed by atoms with E-state index in [-0.39, 0.29) is 18.5 Å². The Kier molecular flexibility index (Phi) is 30.8. The van der Waals surface area contributed by atoms with Crippen LogP contribution in [0.2, 0.25) is 0 Å². The molecule has 0 bridgehead atoms. The molecule has 0 aromatic heterocycles. The summed E-state index contributed by atoms with van der Waals surface area (Å²) in [7, 11) is 0. The van der Waals surface area contributed by atoms with Gasteiger partial charge in [-0.15, -0.1) is 0 Å². The SMILES string of the molecule is CCCCC/C=C\C/C=C\C/C=C\C/C=C\CCCC(=O)OC(CCCCCCC)CCCCCCCCC(=O)O. The Morgan fingerprint density at radius 3 is 1.51 bits per heavy atom. The summed E-state index contributed by atoms with van der Waals surface area (Å²) >= 11 is 0. The number of allylic oxidation sites excluding steroid dienone is 8. The van der Waals surface area contributed by atoms with Crippen LogP contribution in [0.1, 0.15) is 168 Å². The lowest BCUT2D eigenvalue weighted by atomic mass is 10.0. The molecule has 0 heterocycles. The van der Waals surface area contributed by atoms with Crippen molar-refractivity contribution in [2.75, 3.05) is 0 Å². The number of aliphatic carboxylic acids is 1. The van der Waals surface area contributed by atoms with Crippen LogP contribution in [0.25, 0.3) is 0 Å². The normalized spacial score (nSPS) is 12.8. The van der Waals surface area contributed by atoms with Crippen molar-refractivity contribution in [2.45, 2.75) is 174 Å². The molecule has 0 spiro atoms. The molecule has 0 amide bonds. The summed E-state index contributed by atoms with van der Waals surface area (Å²) in [4.78, 5) is 23.1. The molecule has 4 heteroatoms. The molecule has 1 atom stereocenters. The van der Waals surface area contributed by atoms with Gasteiger partial charge >= 0.3 is 11.9 Å². The van der Waals surface area contributed by atoms with Gasteiger partial charge in [0.05, 0.1) is 0 Å². The fraction of sp³-hybridized carbons (Fsp3) is 0.730. The summed E-state index contributed by atoms with van der Waals surface area (Å²) in [6, 6.07) is 0. The van der Waals surface area contributed by atoms with Crippen LogP contribution >= 0.6 is 0 Å². The minimum absolute atomic E-state index is 0.0480. The van der Waals surface area contributed by atoms with Crippen LogP contribution in [0.4, 0.5) is 0 Å². The summed E-state index contributed by atoms with van der Waals surface area (Å²) in [6.45, 7) is 4.47. The van der Waals surface area contributed by atoms with Crippen LogP contribution in [-0.4, -0.2) is 23.1 Å². The van der Waals surface area contributed by atoms with E-state index < -0.39 is 5.97 Å². The number of carboxylic acid groups (broad SMARTS) is 1. The molecule has 0 saturated carbocycles. The summed E-state index contributed by atoms with van der Waals surface area (Å²) in [6.07, 6.45) is 42.7. The number of carbonyl (C=O) groups is 2. The predicted molar refractivity (Wildman–Crippen MR) is 176 cm³/mol. The zero-order chi connectivity index (χ0) is 30.1. The summed E-state index contributed by atoms with van der Waals surface area (Å²) in [5, 5.41) is 8.73. The largest absolute Gasteiger partial charge is 0.481 e. The highest BCUT2D eigenvalue weighted by molar-refractivity contribution is 5.69. The Labute approximate surface area is 253 Å². The molecule has 41 heavy (non-hydrogen) atoms. The van der Waals surface area contributed by atoms with Crippen molar-refractivity contribution in [1.29, 1.82) is 0 Å². The zero-order valence-electron chi connectivity index (χ0n) is 26.8. The molecule has 1 N–H and O–H groups in total. The van der Waals surface area contributed by atoms with Gasteiger partial charge in [-0.3, -0.25) is 9.59 Å². The van der Waals surface area contributed by atoms with Crippen molar-refractivity contribution < 1.29 is 19.4 Å². The Morgan fingerprint density at radius 1 is 0.537 bits per heavy atom. The van der Waals surface area contributed by atoms with Crippen LogP contribution in [0.5, 0.6) is 0 Å². The summed E-state index contributed by atoms with van der Waals surface area (Å²) < 4.78 is 5.91. The Morgan fingerprint density at radius 2 is 0.976 bits per heavy atom. The number of esters is 1. The number of rotatable bonds is 30. The monoisotopic (exact) mass is 572 g/mol. The van der Waals surface area contributed by atoms with Crippen LogP contribution in [-0.2, 0) is 14.3 Å². The van der Waals surface area contributed by atoms with Gasteiger partial charge in [-0.25, -0.2) is 0 Å². The molecule has 0 radical (unpaired) electrons. The van der Waals surface area contributed by atoms with Crippen molar-refractivity contribution in [1.82, 2.24) is 0 Å². The quantitative estimate of drug-likeness (QED) is 0.0528. The van der Waals surface area contributed by atoms with Gasteiger partial charge in [-0.1, -0.05) is 127 Å². The average molecular weight is 573 g/mol. The molecule has 4 nitrogen and oxygen atoms in total. The molecule has 0 aromatic rings. The van der Waals surface area contributed by atoms with Gasteiger partial charge < -0.3 is 9.84 Å². The Balaban J connectivity index is 4.03. The Bertz CT molecular complexity index is 704. The first-order valence-corrected chi connectivity index (χ1v) is 17.1. The average Bonchev–Trinajstić information content (AvgIpc) is 2.95. The van der Waals surface area contributed by atoms with E-state index in [2.05, 4.69) is 62.5 Å². The fourth-order valence-electron chi connectivity index (χ4n) is 4.76. The van der Waals surface area contributed by atoms with Gasteiger partial charge in [0.2, 0.25) is 0 Å². The molecular weight excluding hydrogens is 508 g/mol. The first-order chi connectivity index (χ1) is 20.1. The summed E-state index contributed by atoms with van der Waals surface area (Å²) in [5.41, 5.74) is 0. The van der Waals surface area contributed by atoms with E-state index in [9.17, 15) is 9.59 Å². The fourth-order valence-corrected chi connectivity index (χ4v) is 4.76. The topological polar surface area (TPSA) is 63.6 Å². The standard InChI is InChI=1S/C37H64O4/c1-3-5-7-9-10-11-12-13-14-15-16-17-18-19-20-26-30-34-37(40)41-35(31-27-23-8-6-4-2)32-28-24-21-22-25-29-33-36(38)39/h10-11,13-14,16-17,19-20,35H,3-9,12,15,18,21-34H2,1-2H3,(H,38,39)/b11-10-,14-13-,17-16-,20-19-. The van der Waals surface area contributed by atoms with E-state index >= 15 is 0 Å². The lowest BCUT2D eigenvalue weighted by Gasteiger charge is -2.18. The van der Waals surface area contributed by atoms with Crippen molar-refractivity contribution in [2.24, 2.45) is 0 Å². The minimum atomic E-state index is -0.701. The second-order valence-electron chi connectivity index (χ2n) is 11.3. The number of hydrogen-bond acceptors (Lipinski definition) is 3. The third-order valence-corrected chi connectivity index (χ3v) is 7.30. The maximum absolute atomic E-state index is 12.5. The number of hydrogen-bond donors (Lipinski definition) is 1. The van der Waals surface area contributed by atoms with Gasteiger partial charge in [-0.05, 0) is 77.0 Å². The highest BCUT2D eigenvalue weighted by atomic mass is 16.5. The number of ether oxygens (including phenoxy) is 1. The van der Waals surface area contributed by atoms with Crippen LogP contribution in [0, 0.1) is 0 Å². The molecule has 0 fully saturated rings. The molecule has 0 aromatic carbocycles. The van der Waals surface area contributed by atoms with Crippen molar-refractivity contribution in [3.63, 3.8) is 0 Å². The van der Waals surface area contributed by atoms with E-state index in [1.807, 2.05) is 0 Å². The minimum Gasteiger partial charge on any atom is -0.481 e. The highest BCUT2D eigenvalue weighted by Gasteiger charge is 2.14. The second kappa shape index (κ2) is 32.4. The number of carboxylic acids is 1. The van der Waals surface area contributed by atoms with Crippen LogP contribution in [0.3, 0.4) is 0 Å². The van der Waals surface area contributed by atoms with Gasteiger partial charge in [-0.2, -0.15) is 0 Å². The molecular formula is C37H64O4. The van der Waals surface area contributed by atoms with E-state index in [0.29, 0.717) is 6.42 Å². The van der Waals surface area contributed by atoms with Crippen molar-refractivity contribution >= 4 is 11.9 Å². The molecule has 0 rings (SSSR count). The van der Waals surface area contributed by atoms with Gasteiger partial charge in [0.25, 0.3) is 0 Å². The first kappa shape index (κ1) is 38.9. The molecule has 236 valence electrons. The van der Waals surface area contributed by atoms with Gasteiger partial charge in [0.15, 0.2) is 0 Å². The zero-order valence-corrected chi connectivity index (χ0v) is 26.8. The van der Waals surface area contributed by atoms with E-state index in [1.54, 1.807) is 0 Å². The molecule has 0 aliphatic carbocycles. The second-order valence-corrected chi connectivity index (χ2v) is 11.3. The van der Waals surface area contributed by atoms with Crippen LogP contribution < -0.4 is 0 Å². The molecule has 0 aliphatic heterocycles. The van der Waals surface area contributed by atoms with Crippen molar-refractivity contribution in [3.05, 3.63) is 48.6 Å². The van der Waals surface area contributed by atoms with E-state index in [1.165, 1.54) is 51.4 Å². The number of unbranched alkanes of at least 4 members (excludes halogenated alkanes) is 13. The molecule has 0 saturated heterocycles. The van der Waals surface area contributed by atoms with Crippen LogP contribution in [0.15, 0.2) is 48.6 Å². The van der Waals surface area contributed by atoms with E-state index in [4.69, 9.17) is 9.84 Å². The highest BCUT2D eigenvalue weighted by Crippen LogP contribution is 2.18. The molecule has 0 aliphatic rings. The third kappa shape index (κ3) is 32.3. The maximum Gasteiger partial charge on any atom is 0.306 e.